The second kappa shape index (κ2) is 8.87. The lowest BCUT2D eigenvalue weighted by atomic mass is 9.99. The van der Waals surface area contributed by atoms with Crippen LogP contribution in [-0.4, -0.2) is 44.8 Å². The van der Waals surface area contributed by atoms with Crippen molar-refractivity contribution in [3.8, 4) is 17.2 Å². The van der Waals surface area contributed by atoms with Gasteiger partial charge < -0.3 is 24.4 Å². The van der Waals surface area contributed by atoms with Crippen LogP contribution < -0.4 is 19.5 Å². The van der Waals surface area contributed by atoms with Crippen molar-refractivity contribution in [3.63, 3.8) is 0 Å². The van der Waals surface area contributed by atoms with E-state index in [0.29, 0.717) is 32.0 Å². The van der Waals surface area contributed by atoms with Crippen molar-refractivity contribution in [1.29, 1.82) is 0 Å². The molecule has 2 aromatic carbocycles. The number of hydrogen-bond acceptors (Lipinski definition) is 4. The highest BCUT2D eigenvalue weighted by molar-refractivity contribution is 5.74. The number of urea groups is 1. The summed E-state index contributed by atoms with van der Waals surface area (Å²) in [5.74, 6) is 2.24. The molecule has 0 fully saturated rings. The predicted octanol–water partition coefficient (Wildman–Crippen LogP) is 3.47. The Hall–Kier alpha value is -2.89. The minimum Gasteiger partial charge on any atom is -0.493 e. The lowest BCUT2D eigenvalue weighted by molar-refractivity contribution is 0.189. The van der Waals surface area contributed by atoms with Crippen LogP contribution in [0.2, 0.25) is 0 Å². The fourth-order valence-corrected chi connectivity index (χ4v) is 3.51. The van der Waals surface area contributed by atoms with E-state index in [2.05, 4.69) is 11.4 Å². The summed E-state index contributed by atoms with van der Waals surface area (Å²) in [6.45, 7) is 6.21. The Kier molecular flexibility index (Phi) is 6.29. The first kappa shape index (κ1) is 19.9. The van der Waals surface area contributed by atoms with Crippen molar-refractivity contribution in [2.24, 2.45) is 0 Å². The van der Waals surface area contributed by atoms with Crippen molar-refractivity contribution in [2.75, 3.05) is 33.9 Å². The Balaban J connectivity index is 1.52. The van der Waals surface area contributed by atoms with Crippen LogP contribution >= 0.6 is 0 Å². The normalized spacial score (nSPS) is 12.9. The van der Waals surface area contributed by atoms with Gasteiger partial charge in [-0.15, -0.1) is 0 Å². The molecule has 3 rings (SSSR count). The molecule has 0 radical (unpaired) electrons. The van der Waals surface area contributed by atoms with Gasteiger partial charge >= 0.3 is 6.03 Å². The van der Waals surface area contributed by atoms with Gasteiger partial charge in [0.2, 0.25) is 0 Å². The molecule has 0 aliphatic carbocycles. The summed E-state index contributed by atoms with van der Waals surface area (Å²) >= 11 is 0. The third-order valence-electron chi connectivity index (χ3n) is 4.85. The summed E-state index contributed by atoms with van der Waals surface area (Å²) in [4.78, 5) is 14.3. The molecule has 6 nitrogen and oxygen atoms in total. The number of carbonyl (C=O) groups excluding carboxylic acids is 1. The molecule has 2 aromatic rings. The zero-order valence-electron chi connectivity index (χ0n) is 17.0. The maximum atomic E-state index is 12.5. The van der Waals surface area contributed by atoms with E-state index in [1.165, 1.54) is 5.56 Å². The van der Waals surface area contributed by atoms with E-state index in [1.54, 1.807) is 14.2 Å². The van der Waals surface area contributed by atoms with Gasteiger partial charge in [-0.1, -0.05) is 6.07 Å². The van der Waals surface area contributed by atoms with Gasteiger partial charge in [-0.25, -0.2) is 4.79 Å². The first-order valence-corrected chi connectivity index (χ1v) is 9.48. The average Bonchev–Trinajstić information content (AvgIpc) is 2.68. The molecule has 0 saturated heterocycles. The fraction of sp³-hybridized carbons (Fsp3) is 0.409. The highest BCUT2D eigenvalue weighted by atomic mass is 16.5. The minimum absolute atomic E-state index is 0.0792. The molecular formula is C22H28N2O4. The number of carbonyl (C=O) groups is 1. The van der Waals surface area contributed by atoms with Crippen LogP contribution in [0.5, 0.6) is 17.2 Å². The SMILES string of the molecule is COc1cc2c(cc1OC)CN(C(=O)NCCOc1cc(C)cc(C)c1)CC2. The Bertz CT molecular complexity index is 830. The molecule has 6 heteroatoms. The number of nitrogens with one attached hydrogen (secondary N) is 1. The molecule has 150 valence electrons. The van der Waals surface area contributed by atoms with Crippen molar-refractivity contribution >= 4 is 6.03 Å². The van der Waals surface area contributed by atoms with E-state index in [1.807, 2.05) is 43.0 Å². The van der Waals surface area contributed by atoms with E-state index in [0.717, 1.165) is 34.6 Å². The Morgan fingerprint density at radius 3 is 2.29 bits per heavy atom. The van der Waals surface area contributed by atoms with Gasteiger partial charge in [0.25, 0.3) is 0 Å². The summed E-state index contributed by atoms with van der Waals surface area (Å²) in [5, 5.41) is 2.94. The molecule has 0 aromatic heterocycles. The second-order valence-electron chi connectivity index (χ2n) is 7.05. The summed E-state index contributed by atoms with van der Waals surface area (Å²) in [6, 6.07) is 9.98. The van der Waals surface area contributed by atoms with Crippen molar-refractivity contribution in [2.45, 2.75) is 26.8 Å². The molecule has 1 N–H and O–H groups in total. The van der Waals surface area contributed by atoms with Gasteiger partial charge in [0.05, 0.1) is 20.8 Å². The topological polar surface area (TPSA) is 60.0 Å². The molecule has 0 spiro atoms. The Labute approximate surface area is 166 Å². The summed E-state index contributed by atoms with van der Waals surface area (Å²) < 4.78 is 16.5. The van der Waals surface area contributed by atoms with Gasteiger partial charge in [0, 0.05) is 13.1 Å². The van der Waals surface area contributed by atoms with Gasteiger partial charge in [-0.2, -0.15) is 0 Å². The number of methoxy groups -OCH3 is 2. The molecule has 1 aliphatic rings. The maximum Gasteiger partial charge on any atom is 0.317 e. The van der Waals surface area contributed by atoms with Crippen molar-refractivity contribution < 1.29 is 19.0 Å². The van der Waals surface area contributed by atoms with Crippen LogP contribution in [0.15, 0.2) is 30.3 Å². The maximum absolute atomic E-state index is 12.5. The van der Waals surface area contributed by atoms with E-state index >= 15 is 0 Å². The first-order chi connectivity index (χ1) is 13.5. The highest BCUT2D eigenvalue weighted by Gasteiger charge is 2.22. The number of benzene rings is 2. The minimum atomic E-state index is -0.0792. The van der Waals surface area contributed by atoms with Crippen molar-refractivity contribution in [1.82, 2.24) is 10.2 Å². The zero-order chi connectivity index (χ0) is 20.1. The second-order valence-corrected chi connectivity index (χ2v) is 7.05. The molecule has 1 heterocycles. The van der Waals surface area contributed by atoms with E-state index in [-0.39, 0.29) is 6.03 Å². The smallest absolute Gasteiger partial charge is 0.317 e. The van der Waals surface area contributed by atoms with Crippen LogP contribution in [-0.2, 0) is 13.0 Å². The number of nitrogens with zero attached hydrogens (tertiary/aromatic N) is 1. The Morgan fingerprint density at radius 2 is 1.64 bits per heavy atom. The first-order valence-electron chi connectivity index (χ1n) is 9.48. The molecule has 1 aliphatic heterocycles. The van der Waals surface area contributed by atoms with E-state index in [9.17, 15) is 4.79 Å². The van der Waals surface area contributed by atoms with Crippen LogP contribution in [0.4, 0.5) is 4.79 Å². The van der Waals surface area contributed by atoms with Gasteiger partial charge in [-0.3, -0.25) is 0 Å². The zero-order valence-corrected chi connectivity index (χ0v) is 17.0. The number of rotatable bonds is 6. The average molecular weight is 384 g/mol. The summed E-state index contributed by atoms with van der Waals surface area (Å²) in [6.07, 6.45) is 0.794. The van der Waals surface area contributed by atoms with Gasteiger partial charge in [0.1, 0.15) is 12.4 Å². The predicted molar refractivity (Wildman–Crippen MR) is 108 cm³/mol. The quantitative estimate of drug-likeness (QED) is 0.775. The molecule has 0 bridgehead atoms. The molecule has 28 heavy (non-hydrogen) atoms. The molecule has 0 atom stereocenters. The third-order valence-corrected chi connectivity index (χ3v) is 4.85. The standard InChI is InChI=1S/C22H28N2O4/c1-15-9-16(2)11-19(10-15)28-8-6-23-22(25)24-7-5-17-12-20(26-3)21(27-4)13-18(17)14-24/h9-13H,5-8,14H2,1-4H3,(H,23,25). The highest BCUT2D eigenvalue weighted by Crippen LogP contribution is 2.33. The van der Waals surface area contributed by atoms with E-state index in [4.69, 9.17) is 14.2 Å². The molecule has 0 saturated carbocycles. The van der Waals surface area contributed by atoms with Crippen molar-refractivity contribution in [3.05, 3.63) is 52.6 Å². The molecular weight excluding hydrogens is 356 g/mol. The molecule has 2 amide bonds. The number of amides is 2. The third kappa shape index (κ3) is 4.68. The summed E-state index contributed by atoms with van der Waals surface area (Å²) in [5.41, 5.74) is 4.61. The lowest BCUT2D eigenvalue weighted by Gasteiger charge is -2.29. The molecule has 0 unspecified atom stereocenters. The van der Waals surface area contributed by atoms with Crippen LogP contribution in [0, 0.1) is 13.8 Å². The Morgan fingerprint density at radius 1 is 1.00 bits per heavy atom. The number of aryl methyl sites for hydroxylation is 2. The fourth-order valence-electron chi connectivity index (χ4n) is 3.51. The number of fused-ring (bicyclic) bond motifs is 1. The number of hydrogen-bond donors (Lipinski definition) is 1. The lowest BCUT2D eigenvalue weighted by Crippen LogP contribution is -2.43. The van der Waals surface area contributed by atoms with Crippen LogP contribution in [0.25, 0.3) is 0 Å². The van der Waals surface area contributed by atoms with Gasteiger partial charge in [-0.05, 0) is 66.8 Å². The van der Waals surface area contributed by atoms with Crippen LogP contribution in [0.3, 0.4) is 0 Å². The largest absolute Gasteiger partial charge is 0.493 e. The number of ether oxygens (including phenoxy) is 3. The van der Waals surface area contributed by atoms with Gasteiger partial charge in [0.15, 0.2) is 11.5 Å². The van der Waals surface area contributed by atoms with E-state index < -0.39 is 0 Å². The summed E-state index contributed by atoms with van der Waals surface area (Å²) in [7, 11) is 3.25. The van der Waals surface area contributed by atoms with Crippen LogP contribution in [0.1, 0.15) is 22.3 Å². The monoisotopic (exact) mass is 384 g/mol.